The van der Waals surface area contributed by atoms with Gasteiger partial charge in [0.2, 0.25) is 5.91 Å². The van der Waals surface area contributed by atoms with E-state index in [9.17, 15) is 4.79 Å². The molecule has 2 aliphatic rings. The minimum atomic E-state index is 0. The molecule has 2 N–H and O–H groups in total. The molecule has 0 aromatic heterocycles. The molecule has 1 saturated carbocycles. The van der Waals surface area contributed by atoms with Crippen LogP contribution in [0.15, 0.2) is 24.3 Å². The summed E-state index contributed by atoms with van der Waals surface area (Å²) in [6.45, 7) is 3.09. The highest BCUT2D eigenvalue weighted by Gasteiger charge is 2.34. The summed E-state index contributed by atoms with van der Waals surface area (Å²) in [5.74, 6) is 0.967. The van der Waals surface area contributed by atoms with Gasteiger partial charge in [0.15, 0.2) is 0 Å². The van der Waals surface area contributed by atoms with Crippen molar-refractivity contribution in [3.63, 3.8) is 0 Å². The van der Waals surface area contributed by atoms with Crippen molar-refractivity contribution in [3.05, 3.63) is 29.8 Å². The first kappa shape index (κ1) is 15.3. The van der Waals surface area contributed by atoms with Crippen LogP contribution in [0.3, 0.4) is 0 Å². The van der Waals surface area contributed by atoms with E-state index in [0.29, 0.717) is 5.92 Å². The number of hydrogen-bond acceptors (Lipinski definition) is 2. The molecular weight excluding hydrogens is 272 g/mol. The van der Waals surface area contributed by atoms with Crippen molar-refractivity contribution in [2.24, 2.45) is 11.7 Å². The number of nitrogens with two attached hydrogens (primary N) is 1. The van der Waals surface area contributed by atoms with Gasteiger partial charge in [-0.05, 0) is 43.2 Å². The molecule has 0 radical (unpaired) electrons. The zero-order valence-corrected chi connectivity index (χ0v) is 12.7. The summed E-state index contributed by atoms with van der Waals surface area (Å²) in [5.41, 5.74) is 8.37. The average Bonchev–Trinajstić information content (AvgIpc) is 2.86. The van der Waals surface area contributed by atoms with Crippen LogP contribution in [-0.4, -0.2) is 18.5 Å². The number of benzene rings is 1. The van der Waals surface area contributed by atoms with Crippen molar-refractivity contribution < 1.29 is 4.79 Å². The van der Waals surface area contributed by atoms with Crippen molar-refractivity contribution in [2.45, 2.75) is 44.6 Å². The smallest absolute Gasteiger partial charge is 0.230 e. The molecule has 1 fully saturated rings. The van der Waals surface area contributed by atoms with Crippen LogP contribution < -0.4 is 10.6 Å². The van der Waals surface area contributed by atoms with Crippen LogP contribution >= 0.6 is 12.4 Å². The Kier molecular flexibility index (Phi) is 4.71. The molecule has 1 amide bonds. The summed E-state index contributed by atoms with van der Waals surface area (Å²) in [6, 6.07) is 8.54. The van der Waals surface area contributed by atoms with E-state index in [2.05, 4.69) is 25.1 Å². The number of amides is 1. The molecule has 20 heavy (non-hydrogen) atoms. The third-order valence-electron chi connectivity index (χ3n) is 4.63. The van der Waals surface area contributed by atoms with E-state index >= 15 is 0 Å². The zero-order chi connectivity index (χ0) is 13.4. The summed E-state index contributed by atoms with van der Waals surface area (Å²) in [6.07, 6.45) is 3.85. The van der Waals surface area contributed by atoms with E-state index in [4.69, 9.17) is 5.73 Å². The summed E-state index contributed by atoms with van der Waals surface area (Å²) in [7, 11) is 0. The number of carbonyl (C=O) groups is 1. The second kappa shape index (κ2) is 6.15. The lowest BCUT2D eigenvalue weighted by molar-refractivity contribution is -0.122. The highest BCUT2D eigenvalue weighted by Crippen LogP contribution is 2.37. The fourth-order valence-electron chi connectivity index (χ4n) is 3.44. The zero-order valence-electron chi connectivity index (χ0n) is 11.9. The Morgan fingerprint density at radius 2 is 2.00 bits per heavy atom. The van der Waals surface area contributed by atoms with Gasteiger partial charge in [0.1, 0.15) is 0 Å². The SMILES string of the molecule is CC1CCN(C(=O)C2CCC(N)C2)c2ccccc21.Cl. The van der Waals surface area contributed by atoms with Crippen molar-refractivity contribution in [1.29, 1.82) is 0 Å². The molecule has 1 aliphatic heterocycles. The van der Waals surface area contributed by atoms with Gasteiger partial charge >= 0.3 is 0 Å². The van der Waals surface area contributed by atoms with Crippen molar-refractivity contribution in [1.82, 2.24) is 0 Å². The maximum absolute atomic E-state index is 12.7. The van der Waals surface area contributed by atoms with E-state index in [1.165, 1.54) is 5.56 Å². The van der Waals surface area contributed by atoms with Crippen LogP contribution in [0.5, 0.6) is 0 Å². The molecule has 3 nitrogen and oxygen atoms in total. The van der Waals surface area contributed by atoms with E-state index in [1.807, 2.05) is 11.0 Å². The highest BCUT2D eigenvalue weighted by atomic mass is 35.5. The monoisotopic (exact) mass is 294 g/mol. The molecule has 3 rings (SSSR count). The van der Waals surface area contributed by atoms with E-state index in [0.717, 1.165) is 37.9 Å². The van der Waals surface area contributed by atoms with Gasteiger partial charge in [-0.2, -0.15) is 0 Å². The molecule has 0 saturated heterocycles. The number of halogens is 1. The van der Waals surface area contributed by atoms with Crippen LogP contribution in [0.2, 0.25) is 0 Å². The molecule has 0 spiro atoms. The van der Waals surface area contributed by atoms with Gasteiger partial charge in [-0.1, -0.05) is 25.1 Å². The first-order valence-electron chi connectivity index (χ1n) is 7.32. The van der Waals surface area contributed by atoms with Crippen molar-refractivity contribution >= 4 is 24.0 Å². The van der Waals surface area contributed by atoms with Crippen LogP contribution in [0.4, 0.5) is 5.69 Å². The Bertz CT molecular complexity index is 491. The van der Waals surface area contributed by atoms with Crippen LogP contribution in [0.25, 0.3) is 0 Å². The van der Waals surface area contributed by atoms with Gasteiger partial charge in [0.05, 0.1) is 0 Å². The predicted molar refractivity (Wildman–Crippen MR) is 84.4 cm³/mol. The number of rotatable bonds is 1. The van der Waals surface area contributed by atoms with Gasteiger partial charge in [0.25, 0.3) is 0 Å². The highest BCUT2D eigenvalue weighted by molar-refractivity contribution is 5.96. The maximum Gasteiger partial charge on any atom is 0.230 e. The number of para-hydroxylation sites is 1. The van der Waals surface area contributed by atoms with Crippen molar-refractivity contribution in [3.8, 4) is 0 Å². The summed E-state index contributed by atoms with van der Waals surface area (Å²) >= 11 is 0. The standard InChI is InChI=1S/C16H22N2O.ClH/c1-11-8-9-18(15-5-3-2-4-14(11)15)16(19)12-6-7-13(17)10-12;/h2-5,11-13H,6-10,17H2,1H3;1H. The topological polar surface area (TPSA) is 46.3 Å². The Morgan fingerprint density at radius 1 is 1.25 bits per heavy atom. The molecule has 110 valence electrons. The largest absolute Gasteiger partial charge is 0.328 e. The first-order valence-corrected chi connectivity index (χ1v) is 7.32. The molecule has 1 aliphatic carbocycles. The molecule has 3 unspecified atom stereocenters. The van der Waals surface area contributed by atoms with Crippen LogP contribution in [0.1, 0.15) is 44.1 Å². The molecule has 3 atom stereocenters. The summed E-state index contributed by atoms with van der Waals surface area (Å²) < 4.78 is 0. The molecule has 1 aromatic rings. The van der Waals surface area contributed by atoms with Gasteiger partial charge in [-0.3, -0.25) is 4.79 Å². The number of fused-ring (bicyclic) bond motifs is 1. The van der Waals surface area contributed by atoms with Gasteiger partial charge in [-0.25, -0.2) is 0 Å². The van der Waals surface area contributed by atoms with E-state index in [1.54, 1.807) is 0 Å². The predicted octanol–water partition coefficient (Wildman–Crippen LogP) is 3.08. The normalized spacial score (nSPS) is 28.7. The van der Waals surface area contributed by atoms with Crippen molar-refractivity contribution in [2.75, 3.05) is 11.4 Å². The quantitative estimate of drug-likeness (QED) is 0.865. The molecule has 4 heteroatoms. The van der Waals surface area contributed by atoms with Crippen LogP contribution in [0, 0.1) is 5.92 Å². The minimum Gasteiger partial charge on any atom is -0.328 e. The van der Waals surface area contributed by atoms with Gasteiger partial charge in [-0.15, -0.1) is 12.4 Å². The molecular formula is C16H23ClN2O. The summed E-state index contributed by atoms with van der Waals surface area (Å²) in [5, 5.41) is 0. The van der Waals surface area contributed by atoms with E-state index in [-0.39, 0.29) is 30.3 Å². The third-order valence-corrected chi connectivity index (χ3v) is 4.63. The number of anilines is 1. The minimum absolute atomic E-state index is 0. The number of carbonyl (C=O) groups excluding carboxylic acids is 1. The summed E-state index contributed by atoms with van der Waals surface area (Å²) in [4.78, 5) is 14.7. The third kappa shape index (κ3) is 2.70. The lowest BCUT2D eigenvalue weighted by Crippen LogP contribution is -2.40. The molecule has 0 bridgehead atoms. The maximum atomic E-state index is 12.7. The first-order chi connectivity index (χ1) is 9.16. The fraction of sp³-hybridized carbons (Fsp3) is 0.562. The van der Waals surface area contributed by atoms with E-state index < -0.39 is 0 Å². The second-order valence-electron chi connectivity index (χ2n) is 6.01. The van der Waals surface area contributed by atoms with Gasteiger partial charge in [0, 0.05) is 24.2 Å². The second-order valence-corrected chi connectivity index (χ2v) is 6.01. The fourth-order valence-corrected chi connectivity index (χ4v) is 3.44. The lowest BCUT2D eigenvalue weighted by Gasteiger charge is -2.34. The Labute approximate surface area is 126 Å². The Morgan fingerprint density at radius 3 is 2.70 bits per heavy atom. The number of nitrogens with zero attached hydrogens (tertiary/aromatic N) is 1. The number of hydrogen-bond donors (Lipinski definition) is 1. The Balaban J connectivity index is 0.00000147. The van der Waals surface area contributed by atoms with Gasteiger partial charge < -0.3 is 10.6 Å². The molecule has 1 heterocycles. The van der Waals surface area contributed by atoms with Crippen LogP contribution in [-0.2, 0) is 4.79 Å². The molecule has 1 aromatic carbocycles. The Hall–Kier alpha value is -1.06. The lowest BCUT2D eigenvalue weighted by atomic mass is 9.90. The average molecular weight is 295 g/mol.